The van der Waals surface area contributed by atoms with Crippen LogP contribution in [0, 0.1) is 11.6 Å². The van der Waals surface area contributed by atoms with Gasteiger partial charge < -0.3 is 25.6 Å². The summed E-state index contributed by atoms with van der Waals surface area (Å²) in [7, 11) is 0. The third-order valence-electron chi connectivity index (χ3n) is 6.50. The lowest BCUT2D eigenvalue weighted by Crippen LogP contribution is -2.47. The number of carbonyl (C=O) groups excluding carboxylic acids is 3. The third kappa shape index (κ3) is 9.07. The molecule has 1 saturated heterocycles. The fraction of sp³-hybridized carbons (Fsp3) is 0.357. The van der Waals surface area contributed by atoms with Gasteiger partial charge in [-0.05, 0) is 47.7 Å². The smallest absolute Gasteiger partial charge is 0.412 e. The van der Waals surface area contributed by atoms with E-state index in [1.165, 1.54) is 36.5 Å². The van der Waals surface area contributed by atoms with Crippen molar-refractivity contribution in [1.29, 1.82) is 0 Å². The van der Waals surface area contributed by atoms with Crippen LogP contribution in [0.4, 0.5) is 19.4 Å². The number of anilines is 1. The number of piperazine rings is 1. The fourth-order valence-corrected chi connectivity index (χ4v) is 4.53. The van der Waals surface area contributed by atoms with Gasteiger partial charge in [0.25, 0.3) is 0 Å². The molecule has 41 heavy (non-hydrogen) atoms. The van der Waals surface area contributed by atoms with Crippen molar-refractivity contribution in [3.63, 3.8) is 0 Å². The van der Waals surface area contributed by atoms with Crippen LogP contribution < -0.4 is 21.3 Å². The van der Waals surface area contributed by atoms with Crippen molar-refractivity contribution in [2.24, 2.45) is 0 Å². The third-order valence-corrected chi connectivity index (χ3v) is 6.93. The maximum Gasteiger partial charge on any atom is 0.412 e. The largest absolute Gasteiger partial charge is 0.447 e. The van der Waals surface area contributed by atoms with E-state index in [9.17, 15) is 23.2 Å². The molecule has 2 aromatic carbocycles. The van der Waals surface area contributed by atoms with Gasteiger partial charge in [-0.1, -0.05) is 23.7 Å². The Morgan fingerprint density at radius 1 is 1.10 bits per heavy atom. The number of hydrogen-bond acceptors (Lipinski definition) is 7. The number of pyridine rings is 1. The Balaban J connectivity index is 1.31. The first-order valence-corrected chi connectivity index (χ1v) is 13.6. The van der Waals surface area contributed by atoms with Crippen LogP contribution in [-0.2, 0) is 20.9 Å². The zero-order valence-corrected chi connectivity index (χ0v) is 23.0. The van der Waals surface area contributed by atoms with Gasteiger partial charge in [-0.2, -0.15) is 0 Å². The van der Waals surface area contributed by atoms with Crippen molar-refractivity contribution < 1.29 is 27.9 Å². The molecule has 3 aromatic rings. The Hall–Kier alpha value is -3.87. The maximum atomic E-state index is 13.7. The van der Waals surface area contributed by atoms with Gasteiger partial charge in [-0.3, -0.25) is 14.9 Å². The molecule has 0 saturated carbocycles. The van der Waals surface area contributed by atoms with Crippen molar-refractivity contribution in [2.45, 2.75) is 25.4 Å². The first-order valence-electron chi connectivity index (χ1n) is 13.2. The monoisotopic (exact) mass is 588 g/mol. The number of benzene rings is 2. The molecule has 0 bridgehead atoms. The summed E-state index contributed by atoms with van der Waals surface area (Å²) >= 11 is 5.96. The summed E-state index contributed by atoms with van der Waals surface area (Å²) in [6.45, 7) is 2.48. The van der Waals surface area contributed by atoms with Crippen LogP contribution in [0.1, 0.15) is 18.4 Å². The molecular formula is C28H31ClF2N6O4. The summed E-state index contributed by atoms with van der Waals surface area (Å²) in [4.78, 5) is 43.7. The Labute approximate surface area is 240 Å². The summed E-state index contributed by atoms with van der Waals surface area (Å²) in [6, 6.07) is 9.50. The van der Waals surface area contributed by atoms with E-state index in [1.54, 1.807) is 17.0 Å². The second-order valence-electron chi connectivity index (χ2n) is 9.53. The first-order chi connectivity index (χ1) is 19.8. The molecule has 0 aliphatic carbocycles. The zero-order chi connectivity index (χ0) is 29.2. The summed E-state index contributed by atoms with van der Waals surface area (Å²) in [6.07, 6.45) is 1.07. The van der Waals surface area contributed by atoms with E-state index < -0.39 is 29.7 Å². The van der Waals surface area contributed by atoms with Gasteiger partial charge in [0.05, 0.1) is 17.6 Å². The van der Waals surface area contributed by atoms with Crippen LogP contribution in [0.3, 0.4) is 0 Å². The van der Waals surface area contributed by atoms with E-state index in [0.29, 0.717) is 42.5 Å². The van der Waals surface area contributed by atoms with Crippen LogP contribution in [-0.4, -0.2) is 73.2 Å². The molecule has 1 atom stereocenters. The van der Waals surface area contributed by atoms with Gasteiger partial charge >= 0.3 is 6.09 Å². The topological polar surface area (TPSA) is 125 Å². The molecule has 2 heterocycles. The lowest BCUT2D eigenvalue weighted by atomic mass is 10.1. The number of carbonyl (C=O) groups is 3. The second-order valence-corrected chi connectivity index (χ2v) is 9.91. The van der Waals surface area contributed by atoms with E-state index >= 15 is 0 Å². The van der Waals surface area contributed by atoms with Crippen molar-refractivity contribution in [3.05, 3.63) is 70.9 Å². The summed E-state index contributed by atoms with van der Waals surface area (Å²) in [5.41, 5.74) is 0.502. The predicted molar refractivity (Wildman–Crippen MR) is 150 cm³/mol. The number of nitrogens with one attached hydrogen (secondary N) is 4. The molecule has 0 radical (unpaired) electrons. The molecule has 0 unspecified atom stereocenters. The highest BCUT2D eigenvalue weighted by Gasteiger charge is 2.21. The molecule has 0 spiro atoms. The molecule has 1 fully saturated rings. The Morgan fingerprint density at radius 3 is 2.71 bits per heavy atom. The Bertz CT molecular complexity index is 1390. The Morgan fingerprint density at radius 2 is 1.90 bits per heavy atom. The minimum Gasteiger partial charge on any atom is -0.447 e. The molecule has 1 aromatic heterocycles. The highest BCUT2D eigenvalue weighted by molar-refractivity contribution is 6.31. The first kappa shape index (κ1) is 30.1. The van der Waals surface area contributed by atoms with Crippen LogP contribution in [0.25, 0.3) is 10.8 Å². The standard InChI is InChI=1S/C28H31ClF2N6O4/c29-27-19(2-1-3-23(27)31)14-33-16-25(38)35-22(6-7-26(39)37-10-8-32-9-11-37)17-41-28(40)36-24-13-20-12-21(30)5-4-18(20)15-34-24/h1-5,12-13,15,22,32-33H,6-11,14,16-17H2,(H,35,38)(H,34,36,40)/t22-/m0/s1. The van der Waals surface area contributed by atoms with E-state index in [1.807, 2.05) is 0 Å². The zero-order valence-electron chi connectivity index (χ0n) is 22.2. The average molecular weight is 589 g/mol. The van der Waals surface area contributed by atoms with Gasteiger partial charge in [-0.25, -0.2) is 18.6 Å². The fourth-order valence-electron chi connectivity index (χ4n) is 4.34. The highest BCUT2D eigenvalue weighted by Crippen LogP contribution is 2.19. The summed E-state index contributed by atoms with van der Waals surface area (Å²) in [5.74, 6) is -1.25. The SMILES string of the molecule is O=C(CNCc1cccc(F)c1Cl)N[C@@H](CCC(=O)N1CCNCC1)COC(=O)Nc1cc2cc(F)ccc2cn1. The van der Waals surface area contributed by atoms with E-state index in [0.717, 1.165) is 0 Å². The lowest BCUT2D eigenvalue weighted by molar-refractivity contribution is -0.132. The van der Waals surface area contributed by atoms with E-state index in [4.69, 9.17) is 16.3 Å². The molecule has 218 valence electrons. The van der Waals surface area contributed by atoms with Crippen LogP contribution in [0.15, 0.2) is 48.7 Å². The molecular weight excluding hydrogens is 558 g/mol. The van der Waals surface area contributed by atoms with Crippen LogP contribution >= 0.6 is 11.6 Å². The summed E-state index contributed by atoms with van der Waals surface area (Å²) < 4.78 is 32.6. The number of rotatable bonds is 11. The number of nitrogens with zero attached hydrogens (tertiary/aromatic N) is 2. The quantitative estimate of drug-likeness (QED) is 0.271. The average Bonchev–Trinajstić information content (AvgIpc) is 2.96. The van der Waals surface area contributed by atoms with E-state index in [-0.39, 0.29) is 49.3 Å². The molecule has 13 heteroatoms. The number of hydrogen-bond donors (Lipinski definition) is 4. The molecule has 4 rings (SSSR count). The lowest BCUT2D eigenvalue weighted by Gasteiger charge is -2.28. The molecule has 1 aliphatic heterocycles. The van der Waals surface area contributed by atoms with Gasteiger partial charge in [0.2, 0.25) is 11.8 Å². The summed E-state index contributed by atoms with van der Waals surface area (Å²) in [5, 5.41) is 12.6. The molecule has 1 aliphatic rings. The van der Waals surface area contributed by atoms with Crippen LogP contribution in [0.5, 0.6) is 0 Å². The van der Waals surface area contributed by atoms with Gasteiger partial charge in [0.15, 0.2) is 0 Å². The number of ether oxygens (including phenoxy) is 1. The normalized spacial score (nSPS) is 14.0. The van der Waals surface area contributed by atoms with Gasteiger partial charge in [0.1, 0.15) is 24.1 Å². The number of aromatic nitrogens is 1. The molecule has 4 N–H and O–H groups in total. The van der Waals surface area contributed by atoms with Gasteiger partial charge in [-0.15, -0.1) is 0 Å². The van der Waals surface area contributed by atoms with Crippen molar-refractivity contribution in [1.82, 2.24) is 25.8 Å². The molecule has 10 nitrogen and oxygen atoms in total. The Kier molecular flexibility index (Phi) is 10.8. The van der Waals surface area contributed by atoms with Crippen molar-refractivity contribution >= 4 is 46.1 Å². The minimum absolute atomic E-state index is 0.0184. The maximum absolute atomic E-state index is 13.7. The van der Waals surface area contributed by atoms with E-state index in [2.05, 4.69) is 26.3 Å². The van der Waals surface area contributed by atoms with Crippen molar-refractivity contribution in [3.8, 4) is 0 Å². The number of halogens is 3. The van der Waals surface area contributed by atoms with Gasteiger partial charge in [0, 0.05) is 50.7 Å². The number of fused-ring (bicyclic) bond motifs is 1. The van der Waals surface area contributed by atoms with Crippen molar-refractivity contribution in [2.75, 3.05) is 44.6 Å². The minimum atomic E-state index is -0.820. The molecule has 3 amide bonds. The number of amides is 3. The highest BCUT2D eigenvalue weighted by atomic mass is 35.5. The predicted octanol–water partition coefficient (Wildman–Crippen LogP) is 3.20. The van der Waals surface area contributed by atoms with Crippen LogP contribution in [0.2, 0.25) is 5.02 Å². The second kappa shape index (κ2) is 14.7.